The molecule has 0 aromatic rings. The van der Waals surface area contributed by atoms with Crippen LogP contribution >= 0.6 is 0 Å². The van der Waals surface area contributed by atoms with E-state index < -0.39 is 0 Å². The molecule has 84 valence electrons. The Balaban J connectivity index is 2.39. The van der Waals surface area contributed by atoms with E-state index in [0.717, 1.165) is 24.2 Å². The van der Waals surface area contributed by atoms with Crippen molar-refractivity contribution in [3.63, 3.8) is 0 Å². The molecule has 0 bridgehead atoms. The van der Waals surface area contributed by atoms with E-state index in [2.05, 4.69) is 19.2 Å². The summed E-state index contributed by atoms with van der Waals surface area (Å²) in [6.45, 7) is 7.38. The molecule has 0 aliphatic carbocycles. The molecule has 0 aromatic carbocycles. The summed E-state index contributed by atoms with van der Waals surface area (Å²) in [5, 5.41) is 12.3. The number of hydrogen-bond donors (Lipinski definition) is 2. The summed E-state index contributed by atoms with van der Waals surface area (Å²) in [5.41, 5.74) is 0. The van der Waals surface area contributed by atoms with Gasteiger partial charge in [0.1, 0.15) is 0 Å². The average Bonchev–Trinajstić information content (AvgIpc) is 2.19. The quantitative estimate of drug-likeness (QED) is 0.710. The first kappa shape index (κ1) is 12.0. The van der Waals surface area contributed by atoms with Crippen LogP contribution < -0.4 is 5.32 Å². The third-order valence-corrected chi connectivity index (χ3v) is 3.54. The number of hydrogen-bond acceptors (Lipinski definition) is 2. The predicted octanol–water partition coefficient (Wildman–Crippen LogP) is 2.03. The maximum absolute atomic E-state index is 8.88. The molecule has 0 amide bonds. The van der Waals surface area contributed by atoms with Crippen molar-refractivity contribution in [3.05, 3.63) is 0 Å². The van der Waals surface area contributed by atoms with Crippen molar-refractivity contribution in [1.29, 1.82) is 0 Å². The van der Waals surface area contributed by atoms with Gasteiger partial charge in [0.25, 0.3) is 0 Å². The lowest BCUT2D eigenvalue weighted by Crippen LogP contribution is -2.33. The van der Waals surface area contributed by atoms with Gasteiger partial charge in [-0.05, 0) is 56.5 Å². The third kappa shape index (κ3) is 3.58. The molecular weight excluding hydrogens is 174 g/mol. The van der Waals surface area contributed by atoms with Crippen molar-refractivity contribution < 1.29 is 5.11 Å². The van der Waals surface area contributed by atoms with Crippen molar-refractivity contribution in [2.75, 3.05) is 19.7 Å². The molecule has 14 heavy (non-hydrogen) atoms. The van der Waals surface area contributed by atoms with Crippen LogP contribution in [0.3, 0.4) is 0 Å². The van der Waals surface area contributed by atoms with Crippen molar-refractivity contribution >= 4 is 0 Å². The minimum absolute atomic E-state index is 0.355. The molecule has 2 nitrogen and oxygen atoms in total. The number of aliphatic hydroxyl groups excluding tert-OH is 1. The fourth-order valence-corrected chi connectivity index (χ4v) is 2.71. The highest BCUT2D eigenvalue weighted by atomic mass is 16.2. The van der Waals surface area contributed by atoms with E-state index in [0.29, 0.717) is 6.61 Å². The predicted molar refractivity (Wildman–Crippen MR) is 60.2 cm³/mol. The second kappa shape index (κ2) is 6.41. The SMILES string of the molecule is CC(C)C(CCCO)C1CCNCC1. The molecule has 1 heterocycles. The summed E-state index contributed by atoms with van der Waals surface area (Å²) in [7, 11) is 0. The standard InChI is InChI=1S/C12H25NO/c1-10(2)12(4-3-9-14)11-5-7-13-8-6-11/h10-14H,3-9H2,1-2H3. The van der Waals surface area contributed by atoms with Crippen LogP contribution in [0.5, 0.6) is 0 Å². The maximum atomic E-state index is 8.88. The van der Waals surface area contributed by atoms with Crippen LogP contribution in [0.4, 0.5) is 0 Å². The first-order valence-electron chi connectivity index (χ1n) is 6.07. The van der Waals surface area contributed by atoms with Gasteiger partial charge in [0.05, 0.1) is 0 Å². The lowest BCUT2D eigenvalue weighted by Gasteiger charge is -2.33. The Kier molecular flexibility index (Phi) is 5.49. The third-order valence-electron chi connectivity index (χ3n) is 3.54. The first-order valence-corrected chi connectivity index (χ1v) is 6.07. The van der Waals surface area contributed by atoms with Gasteiger partial charge in [0.15, 0.2) is 0 Å². The summed E-state index contributed by atoms with van der Waals surface area (Å²) in [6.07, 6.45) is 4.84. The van der Waals surface area contributed by atoms with E-state index in [1.807, 2.05) is 0 Å². The number of rotatable bonds is 5. The summed E-state index contributed by atoms with van der Waals surface area (Å²) < 4.78 is 0. The fourth-order valence-electron chi connectivity index (χ4n) is 2.71. The lowest BCUT2D eigenvalue weighted by atomic mass is 9.76. The highest BCUT2D eigenvalue weighted by molar-refractivity contribution is 4.77. The largest absolute Gasteiger partial charge is 0.396 e. The van der Waals surface area contributed by atoms with Gasteiger partial charge in [-0.25, -0.2) is 0 Å². The van der Waals surface area contributed by atoms with Crippen molar-refractivity contribution in [1.82, 2.24) is 5.32 Å². The Hall–Kier alpha value is -0.0800. The van der Waals surface area contributed by atoms with Crippen LogP contribution in [0.2, 0.25) is 0 Å². The van der Waals surface area contributed by atoms with Gasteiger partial charge in [-0.2, -0.15) is 0 Å². The molecule has 1 aliphatic heterocycles. The summed E-state index contributed by atoms with van der Waals surface area (Å²) >= 11 is 0. The van der Waals surface area contributed by atoms with Crippen molar-refractivity contribution in [2.45, 2.75) is 39.5 Å². The second-order valence-electron chi connectivity index (χ2n) is 4.86. The van der Waals surface area contributed by atoms with Gasteiger partial charge < -0.3 is 10.4 Å². The molecule has 1 saturated heterocycles. The molecule has 2 heteroatoms. The van der Waals surface area contributed by atoms with E-state index >= 15 is 0 Å². The van der Waals surface area contributed by atoms with E-state index in [9.17, 15) is 0 Å². The maximum Gasteiger partial charge on any atom is 0.0431 e. The topological polar surface area (TPSA) is 32.3 Å². The molecule has 0 saturated carbocycles. The number of nitrogens with one attached hydrogen (secondary N) is 1. The Bertz CT molecular complexity index is 141. The normalized spacial score (nSPS) is 21.4. The zero-order chi connectivity index (χ0) is 10.4. The molecule has 1 fully saturated rings. The fraction of sp³-hybridized carbons (Fsp3) is 1.00. The van der Waals surface area contributed by atoms with Gasteiger partial charge in [0, 0.05) is 6.61 Å². The van der Waals surface area contributed by atoms with Crippen molar-refractivity contribution in [2.24, 2.45) is 17.8 Å². The van der Waals surface area contributed by atoms with E-state index in [1.54, 1.807) is 0 Å². The molecule has 0 radical (unpaired) electrons. The highest BCUT2D eigenvalue weighted by Crippen LogP contribution is 2.31. The van der Waals surface area contributed by atoms with Crippen LogP contribution in [0.1, 0.15) is 39.5 Å². The molecule has 1 atom stereocenters. The van der Waals surface area contributed by atoms with Gasteiger partial charge in [0.2, 0.25) is 0 Å². The van der Waals surface area contributed by atoms with E-state index in [1.165, 1.54) is 32.4 Å². The molecular formula is C12H25NO. The van der Waals surface area contributed by atoms with Crippen LogP contribution in [-0.4, -0.2) is 24.8 Å². The molecule has 2 N–H and O–H groups in total. The lowest BCUT2D eigenvalue weighted by molar-refractivity contribution is 0.174. The van der Waals surface area contributed by atoms with Crippen LogP contribution in [-0.2, 0) is 0 Å². The zero-order valence-electron chi connectivity index (χ0n) is 9.63. The first-order chi connectivity index (χ1) is 6.75. The Morgan fingerprint density at radius 2 is 1.93 bits per heavy atom. The average molecular weight is 199 g/mol. The Labute approximate surface area is 88.1 Å². The number of piperidine rings is 1. The van der Waals surface area contributed by atoms with E-state index in [-0.39, 0.29) is 0 Å². The Morgan fingerprint density at radius 1 is 1.29 bits per heavy atom. The zero-order valence-corrected chi connectivity index (χ0v) is 9.63. The summed E-state index contributed by atoms with van der Waals surface area (Å²) in [4.78, 5) is 0. The van der Waals surface area contributed by atoms with E-state index in [4.69, 9.17) is 5.11 Å². The van der Waals surface area contributed by atoms with Crippen LogP contribution in [0.25, 0.3) is 0 Å². The minimum atomic E-state index is 0.355. The molecule has 0 aromatic heterocycles. The summed E-state index contributed by atoms with van der Waals surface area (Å²) in [6, 6.07) is 0. The van der Waals surface area contributed by atoms with Gasteiger partial charge in [-0.15, -0.1) is 0 Å². The monoisotopic (exact) mass is 199 g/mol. The Morgan fingerprint density at radius 3 is 2.43 bits per heavy atom. The molecule has 1 unspecified atom stereocenters. The van der Waals surface area contributed by atoms with Crippen LogP contribution in [0, 0.1) is 17.8 Å². The molecule has 0 spiro atoms. The van der Waals surface area contributed by atoms with Gasteiger partial charge >= 0.3 is 0 Å². The number of aliphatic hydroxyl groups is 1. The smallest absolute Gasteiger partial charge is 0.0431 e. The van der Waals surface area contributed by atoms with Crippen molar-refractivity contribution in [3.8, 4) is 0 Å². The van der Waals surface area contributed by atoms with Gasteiger partial charge in [-0.1, -0.05) is 13.8 Å². The minimum Gasteiger partial charge on any atom is -0.396 e. The molecule has 1 rings (SSSR count). The highest BCUT2D eigenvalue weighted by Gasteiger charge is 2.25. The van der Waals surface area contributed by atoms with Gasteiger partial charge in [-0.3, -0.25) is 0 Å². The second-order valence-corrected chi connectivity index (χ2v) is 4.86. The molecule has 1 aliphatic rings. The summed E-state index contributed by atoms with van der Waals surface area (Å²) in [5.74, 6) is 2.48. The van der Waals surface area contributed by atoms with Crippen LogP contribution in [0.15, 0.2) is 0 Å².